The number of likely N-dealkylation sites (tertiary alicyclic amines) is 1. The van der Waals surface area contributed by atoms with E-state index in [2.05, 4.69) is 15.5 Å². The van der Waals surface area contributed by atoms with Crippen molar-refractivity contribution in [3.63, 3.8) is 0 Å². The van der Waals surface area contributed by atoms with Crippen LogP contribution in [0.2, 0.25) is 10.0 Å². The van der Waals surface area contributed by atoms with E-state index in [9.17, 15) is 9.90 Å². The van der Waals surface area contributed by atoms with Crippen LogP contribution in [0.1, 0.15) is 46.7 Å². The maximum Gasteiger partial charge on any atom is 0.335 e. The Morgan fingerprint density at radius 2 is 2.02 bits per heavy atom. The molecule has 41 heavy (non-hydrogen) atoms. The van der Waals surface area contributed by atoms with Gasteiger partial charge in [-0.15, -0.1) is 0 Å². The molecule has 0 amide bonds. The summed E-state index contributed by atoms with van der Waals surface area (Å²) in [5.41, 5.74) is 4.00. The second kappa shape index (κ2) is 10.6. The first-order chi connectivity index (χ1) is 19.9. The standard InChI is InChI=1S/C31H30Cl2N4O4/c32-22-6-4-20(24(33)13-22)18-41-29-3-1-2-27(35-29)31-9-10-36(15-21(31)14-31)17-28-34-25-7-5-19(30(38)39)12-26(25)37(28)16-23-8-11-40-23/h1-7,12-13,21,23H,8-11,14-18H2,(H,38,39)/t21-,23-,31+/m0/s1. The average molecular weight is 594 g/mol. The molecule has 4 aromatic rings. The van der Waals surface area contributed by atoms with Gasteiger partial charge in [0.15, 0.2) is 0 Å². The lowest BCUT2D eigenvalue weighted by atomic mass is 9.91. The predicted octanol–water partition coefficient (Wildman–Crippen LogP) is 5.97. The van der Waals surface area contributed by atoms with E-state index < -0.39 is 5.97 Å². The van der Waals surface area contributed by atoms with Gasteiger partial charge in [-0.25, -0.2) is 14.8 Å². The SMILES string of the molecule is O=C(O)c1ccc2nc(CN3CC[C@@]4(c5cccc(OCc6ccc(Cl)cc6Cl)n5)C[C@H]4C3)n(C[C@@H]3CCO3)c2c1. The zero-order chi connectivity index (χ0) is 28.1. The van der Waals surface area contributed by atoms with Gasteiger partial charge in [0, 0.05) is 40.2 Å². The molecule has 10 heteroatoms. The number of carbonyl (C=O) groups is 1. The van der Waals surface area contributed by atoms with Crippen molar-refractivity contribution in [3.05, 3.63) is 87.3 Å². The van der Waals surface area contributed by atoms with Crippen LogP contribution in [-0.4, -0.2) is 56.3 Å². The van der Waals surface area contributed by atoms with Crippen molar-refractivity contribution in [2.45, 2.75) is 50.5 Å². The fourth-order valence-corrected chi connectivity index (χ4v) is 6.76. The zero-order valence-electron chi connectivity index (χ0n) is 22.4. The van der Waals surface area contributed by atoms with Crippen LogP contribution in [0.4, 0.5) is 0 Å². The lowest BCUT2D eigenvalue weighted by Crippen LogP contribution is -2.37. The number of benzene rings is 2. The number of rotatable bonds is 9. The summed E-state index contributed by atoms with van der Waals surface area (Å²) in [6.07, 6.45) is 3.28. The first-order valence-corrected chi connectivity index (χ1v) is 14.7. The third-order valence-corrected chi connectivity index (χ3v) is 9.41. The molecular formula is C31H30Cl2N4O4. The van der Waals surface area contributed by atoms with Gasteiger partial charge in [-0.2, -0.15) is 0 Å². The van der Waals surface area contributed by atoms with Crippen molar-refractivity contribution in [1.82, 2.24) is 19.4 Å². The molecule has 0 radical (unpaired) electrons. The van der Waals surface area contributed by atoms with Gasteiger partial charge in [-0.3, -0.25) is 4.90 Å². The number of piperidine rings is 1. The summed E-state index contributed by atoms with van der Waals surface area (Å²) in [5.74, 6) is 1.15. The Morgan fingerprint density at radius 3 is 2.78 bits per heavy atom. The minimum absolute atomic E-state index is 0.0874. The van der Waals surface area contributed by atoms with E-state index in [4.69, 9.17) is 42.6 Å². The van der Waals surface area contributed by atoms with E-state index in [1.807, 2.05) is 24.3 Å². The summed E-state index contributed by atoms with van der Waals surface area (Å²) >= 11 is 12.3. The Bertz CT molecular complexity index is 1640. The smallest absolute Gasteiger partial charge is 0.335 e. The van der Waals surface area contributed by atoms with E-state index in [1.54, 1.807) is 24.3 Å². The number of aromatic nitrogens is 3. The Balaban J connectivity index is 1.05. The van der Waals surface area contributed by atoms with Gasteiger partial charge in [0.1, 0.15) is 12.4 Å². The highest BCUT2D eigenvalue weighted by atomic mass is 35.5. The minimum atomic E-state index is -0.931. The van der Waals surface area contributed by atoms with E-state index in [0.29, 0.717) is 35.0 Å². The number of nitrogens with zero attached hydrogens (tertiary/aromatic N) is 4. The van der Waals surface area contributed by atoms with Crippen molar-refractivity contribution >= 4 is 40.2 Å². The van der Waals surface area contributed by atoms with Crippen LogP contribution in [0.3, 0.4) is 0 Å². The normalized spacial score (nSPS) is 23.7. The van der Waals surface area contributed by atoms with Crippen molar-refractivity contribution in [2.75, 3.05) is 19.7 Å². The van der Waals surface area contributed by atoms with Crippen LogP contribution in [-0.2, 0) is 29.8 Å². The van der Waals surface area contributed by atoms with Gasteiger partial charge < -0.3 is 19.1 Å². The molecule has 0 unspecified atom stereocenters. The summed E-state index contributed by atoms with van der Waals surface area (Å²) in [4.78, 5) is 23.9. The molecule has 2 aliphatic heterocycles. The second-order valence-electron chi connectivity index (χ2n) is 11.4. The van der Waals surface area contributed by atoms with Crippen molar-refractivity contribution in [1.29, 1.82) is 0 Å². The number of fused-ring (bicyclic) bond motifs is 2. The van der Waals surface area contributed by atoms with Crippen molar-refractivity contribution < 1.29 is 19.4 Å². The number of aromatic carboxylic acids is 1. The molecule has 2 aromatic carbocycles. The fourth-order valence-electron chi connectivity index (χ4n) is 6.30. The Kier molecular flexibility index (Phi) is 6.90. The molecule has 212 valence electrons. The molecule has 2 aromatic heterocycles. The number of carboxylic acids is 1. The molecule has 1 saturated carbocycles. The largest absolute Gasteiger partial charge is 0.478 e. The molecule has 1 N–H and O–H groups in total. The highest BCUT2D eigenvalue weighted by molar-refractivity contribution is 6.35. The highest BCUT2D eigenvalue weighted by Gasteiger charge is 2.58. The summed E-state index contributed by atoms with van der Waals surface area (Å²) in [6, 6.07) is 16.6. The maximum atomic E-state index is 11.6. The van der Waals surface area contributed by atoms with Crippen LogP contribution in [0.5, 0.6) is 5.88 Å². The minimum Gasteiger partial charge on any atom is -0.478 e. The fraction of sp³-hybridized carbons (Fsp3) is 0.387. The van der Waals surface area contributed by atoms with Gasteiger partial charge in [0.25, 0.3) is 0 Å². The average Bonchev–Trinajstić information content (AvgIpc) is 3.58. The van der Waals surface area contributed by atoms with Gasteiger partial charge in [0.05, 0.1) is 41.5 Å². The lowest BCUT2D eigenvalue weighted by Gasteiger charge is -2.32. The van der Waals surface area contributed by atoms with E-state index in [0.717, 1.165) is 73.6 Å². The van der Waals surface area contributed by atoms with E-state index in [-0.39, 0.29) is 17.1 Å². The number of ether oxygens (including phenoxy) is 2. The molecule has 4 heterocycles. The van der Waals surface area contributed by atoms with Crippen LogP contribution >= 0.6 is 23.2 Å². The number of halogens is 2. The van der Waals surface area contributed by atoms with Crippen LogP contribution in [0.25, 0.3) is 11.0 Å². The topological polar surface area (TPSA) is 89.7 Å². The predicted molar refractivity (Wildman–Crippen MR) is 156 cm³/mol. The molecule has 8 nitrogen and oxygen atoms in total. The third-order valence-electron chi connectivity index (χ3n) is 8.83. The second-order valence-corrected chi connectivity index (χ2v) is 12.2. The molecule has 1 aliphatic carbocycles. The van der Waals surface area contributed by atoms with Gasteiger partial charge >= 0.3 is 5.97 Å². The van der Waals surface area contributed by atoms with Gasteiger partial charge in [-0.05, 0) is 68.1 Å². The summed E-state index contributed by atoms with van der Waals surface area (Å²) < 4.78 is 13.9. The quantitative estimate of drug-likeness (QED) is 0.256. The Morgan fingerprint density at radius 1 is 1.15 bits per heavy atom. The zero-order valence-corrected chi connectivity index (χ0v) is 23.9. The number of imidazole rings is 1. The molecule has 0 spiro atoms. The highest BCUT2D eigenvalue weighted by Crippen LogP contribution is 2.59. The summed E-state index contributed by atoms with van der Waals surface area (Å²) in [7, 11) is 0. The monoisotopic (exact) mass is 592 g/mol. The van der Waals surface area contributed by atoms with Crippen LogP contribution in [0, 0.1) is 5.92 Å². The van der Waals surface area contributed by atoms with Gasteiger partial charge in [-0.1, -0.05) is 35.3 Å². The number of pyridine rings is 1. The summed E-state index contributed by atoms with van der Waals surface area (Å²) in [6.45, 7) is 4.42. The molecule has 7 rings (SSSR count). The maximum absolute atomic E-state index is 11.6. The molecule has 3 fully saturated rings. The molecule has 2 saturated heterocycles. The van der Waals surface area contributed by atoms with Crippen molar-refractivity contribution in [2.24, 2.45) is 5.92 Å². The number of hydrogen-bond donors (Lipinski definition) is 1. The third kappa shape index (κ3) is 5.18. The van der Waals surface area contributed by atoms with Crippen LogP contribution < -0.4 is 4.74 Å². The molecule has 3 aliphatic rings. The summed E-state index contributed by atoms with van der Waals surface area (Å²) in [5, 5.41) is 10.7. The lowest BCUT2D eigenvalue weighted by molar-refractivity contribution is -0.0592. The van der Waals surface area contributed by atoms with Crippen molar-refractivity contribution in [3.8, 4) is 5.88 Å². The van der Waals surface area contributed by atoms with Crippen LogP contribution in [0.15, 0.2) is 54.6 Å². The molecular weight excluding hydrogens is 563 g/mol. The Hall–Kier alpha value is -3.17. The number of hydrogen-bond acceptors (Lipinski definition) is 6. The first kappa shape index (κ1) is 26.7. The molecule has 0 bridgehead atoms. The van der Waals surface area contributed by atoms with E-state index >= 15 is 0 Å². The van der Waals surface area contributed by atoms with E-state index in [1.165, 1.54) is 0 Å². The Labute approximate surface area is 247 Å². The first-order valence-electron chi connectivity index (χ1n) is 14.0. The van der Waals surface area contributed by atoms with Gasteiger partial charge in [0.2, 0.25) is 5.88 Å². The molecule has 3 atom stereocenters. The number of carboxylic acid groups (broad SMARTS) is 1.